The minimum absolute atomic E-state index is 0.251. The van der Waals surface area contributed by atoms with E-state index >= 15 is 0 Å². The van der Waals surface area contributed by atoms with Crippen LogP contribution in [0.2, 0.25) is 0 Å². The zero-order chi connectivity index (χ0) is 12.8. The van der Waals surface area contributed by atoms with Gasteiger partial charge in [-0.1, -0.05) is 29.8 Å². The summed E-state index contributed by atoms with van der Waals surface area (Å²) in [5, 5.41) is 3.43. The fraction of sp³-hybridized carbons (Fsp3) is 0.600. The number of benzene rings is 1. The molecule has 2 unspecified atom stereocenters. The monoisotopic (exact) mass is 249 g/mol. The van der Waals surface area contributed by atoms with E-state index in [0.717, 1.165) is 32.7 Å². The summed E-state index contributed by atoms with van der Waals surface area (Å²) in [6.45, 7) is 5.66. The van der Waals surface area contributed by atoms with Crippen molar-refractivity contribution in [1.29, 1.82) is 0 Å². The molecule has 0 radical (unpaired) electrons. The van der Waals surface area contributed by atoms with E-state index in [-0.39, 0.29) is 6.10 Å². The lowest BCUT2D eigenvalue weighted by Crippen LogP contribution is -2.27. The van der Waals surface area contributed by atoms with Gasteiger partial charge in [0.1, 0.15) is 0 Å². The Balaban J connectivity index is 1.88. The summed E-state index contributed by atoms with van der Waals surface area (Å²) in [5.41, 5.74) is 2.60. The Morgan fingerprint density at radius 1 is 1.33 bits per heavy atom. The molecule has 1 aromatic carbocycles. The normalized spacial score (nSPS) is 23.4. The van der Waals surface area contributed by atoms with Gasteiger partial charge in [0, 0.05) is 32.7 Å². The van der Waals surface area contributed by atoms with Gasteiger partial charge in [0.05, 0.1) is 12.7 Å². The van der Waals surface area contributed by atoms with Crippen LogP contribution in [0.15, 0.2) is 24.3 Å². The average Bonchev–Trinajstić information content (AvgIpc) is 2.84. The van der Waals surface area contributed by atoms with Crippen molar-refractivity contribution in [3.63, 3.8) is 0 Å². The molecule has 0 aromatic heterocycles. The lowest BCUT2D eigenvalue weighted by atomic mass is 9.95. The quantitative estimate of drug-likeness (QED) is 0.785. The lowest BCUT2D eigenvalue weighted by Gasteiger charge is -2.19. The van der Waals surface area contributed by atoms with Crippen LogP contribution in [-0.2, 0) is 9.47 Å². The van der Waals surface area contributed by atoms with Crippen LogP contribution in [0.25, 0.3) is 0 Å². The van der Waals surface area contributed by atoms with Crippen LogP contribution in [-0.4, -0.2) is 33.4 Å². The Bertz CT molecular complexity index is 350. The van der Waals surface area contributed by atoms with Gasteiger partial charge in [-0.05, 0) is 18.9 Å². The second-order valence-electron chi connectivity index (χ2n) is 4.95. The van der Waals surface area contributed by atoms with Crippen LogP contribution in [0.5, 0.6) is 0 Å². The van der Waals surface area contributed by atoms with Gasteiger partial charge in [-0.25, -0.2) is 0 Å². The highest BCUT2D eigenvalue weighted by molar-refractivity contribution is 5.24. The first-order valence-corrected chi connectivity index (χ1v) is 6.69. The maximum Gasteiger partial charge on any atom is 0.0866 e. The van der Waals surface area contributed by atoms with Crippen molar-refractivity contribution < 1.29 is 9.47 Å². The molecule has 1 aromatic rings. The average molecular weight is 249 g/mol. The molecule has 0 amide bonds. The molecule has 2 rings (SSSR count). The van der Waals surface area contributed by atoms with Crippen molar-refractivity contribution in [2.75, 3.05) is 33.4 Å². The van der Waals surface area contributed by atoms with Gasteiger partial charge in [-0.15, -0.1) is 0 Å². The first kappa shape index (κ1) is 13.5. The predicted molar refractivity (Wildman–Crippen MR) is 72.7 cm³/mol. The van der Waals surface area contributed by atoms with Crippen molar-refractivity contribution in [3.8, 4) is 0 Å². The summed E-state index contributed by atoms with van der Waals surface area (Å²) in [6.07, 6.45) is 1.39. The molecular weight excluding hydrogens is 226 g/mol. The number of hydrogen-bond donors (Lipinski definition) is 1. The summed E-state index contributed by atoms with van der Waals surface area (Å²) >= 11 is 0. The van der Waals surface area contributed by atoms with E-state index in [1.54, 1.807) is 7.11 Å². The van der Waals surface area contributed by atoms with E-state index in [9.17, 15) is 0 Å². The molecule has 1 saturated heterocycles. The standard InChI is InChI=1S/C15H23NO2/c1-12-3-5-13(6-4-12)15-14(7-9-18-15)11-16-8-10-17-2/h3-6,14-16H,7-11H2,1-2H3. The Morgan fingerprint density at radius 3 is 2.83 bits per heavy atom. The molecule has 0 bridgehead atoms. The van der Waals surface area contributed by atoms with Crippen molar-refractivity contribution >= 4 is 0 Å². The number of aryl methyl sites for hydroxylation is 1. The Hall–Kier alpha value is -0.900. The smallest absolute Gasteiger partial charge is 0.0866 e. The molecule has 3 nitrogen and oxygen atoms in total. The molecule has 1 fully saturated rings. The van der Waals surface area contributed by atoms with Gasteiger partial charge in [0.15, 0.2) is 0 Å². The van der Waals surface area contributed by atoms with Gasteiger partial charge in [0.2, 0.25) is 0 Å². The van der Waals surface area contributed by atoms with Crippen LogP contribution in [0.4, 0.5) is 0 Å². The van der Waals surface area contributed by atoms with E-state index in [4.69, 9.17) is 9.47 Å². The zero-order valence-corrected chi connectivity index (χ0v) is 11.3. The van der Waals surface area contributed by atoms with E-state index in [1.165, 1.54) is 11.1 Å². The summed E-state index contributed by atoms with van der Waals surface area (Å²) in [4.78, 5) is 0. The Labute approximate surface area is 109 Å². The minimum Gasteiger partial charge on any atom is -0.383 e. The second kappa shape index (κ2) is 6.88. The molecule has 100 valence electrons. The molecule has 0 spiro atoms. The van der Waals surface area contributed by atoms with Crippen LogP contribution < -0.4 is 5.32 Å². The van der Waals surface area contributed by atoms with Crippen LogP contribution >= 0.6 is 0 Å². The number of rotatable bonds is 6. The molecule has 1 N–H and O–H groups in total. The number of nitrogens with one attached hydrogen (secondary N) is 1. The van der Waals surface area contributed by atoms with E-state index < -0.39 is 0 Å². The molecule has 2 atom stereocenters. The van der Waals surface area contributed by atoms with Gasteiger partial charge < -0.3 is 14.8 Å². The highest BCUT2D eigenvalue weighted by Crippen LogP contribution is 2.34. The van der Waals surface area contributed by atoms with Crippen LogP contribution in [0.1, 0.15) is 23.7 Å². The molecule has 1 aliphatic heterocycles. The number of methoxy groups -OCH3 is 1. The highest BCUT2D eigenvalue weighted by atomic mass is 16.5. The molecule has 18 heavy (non-hydrogen) atoms. The first-order valence-electron chi connectivity index (χ1n) is 6.69. The highest BCUT2D eigenvalue weighted by Gasteiger charge is 2.28. The lowest BCUT2D eigenvalue weighted by molar-refractivity contribution is 0.0898. The molecule has 0 saturated carbocycles. The topological polar surface area (TPSA) is 30.5 Å². The summed E-state index contributed by atoms with van der Waals surface area (Å²) < 4.78 is 10.9. The van der Waals surface area contributed by atoms with Gasteiger partial charge in [0.25, 0.3) is 0 Å². The molecule has 1 heterocycles. The fourth-order valence-corrected chi connectivity index (χ4v) is 2.43. The molecule has 0 aliphatic carbocycles. The maximum atomic E-state index is 5.88. The van der Waals surface area contributed by atoms with Gasteiger partial charge >= 0.3 is 0 Å². The summed E-state index contributed by atoms with van der Waals surface area (Å²) in [6, 6.07) is 8.69. The zero-order valence-electron chi connectivity index (χ0n) is 11.3. The van der Waals surface area contributed by atoms with E-state index in [0.29, 0.717) is 5.92 Å². The fourth-order valence-electron chi connectivity index (χ4n) is 2.43. The third-order valence-corrected chi connectivity index (χ3v) is 3.51. The number of ether oxygens (including phenoxy) is 2. The summed E-state index contributed by atoms with van der Waals surface area (Å²) in [7, 11) is 1.73. The summed E-state index contributed by atoms with van der Waals surface area (Å²) in [5.74, 6) is 0.574. The second-order valence-corrected chi connectivity index (χ2v) is 4.95. The maximum absolute atomic E-state index is 5.88. The first-order chi connectivity index (χ1) is 8.81. The van der Waals surface area contributed by atoms with Gasteiger partial charge in [-0.2, -0.15) is 0 Å². The van der Waals surface area contributed by atoms with Crippen molar-refractivity contribution in [3.05, 3.63) is 35.4 Å². The van der Waals surface area contributed by atoms with E-state index in [2.05, 4.69) is 36.5 Å². The third kappa shape index (κ3) is 3.55. The van der Waals surface area contributed by atoms with Crippen molar-refractivity contribution in [2.45, 2.75) is 19.4 Å². The SMILES string of the molecule is COCCNCC1CCOC1c1ccc(C)cc1. The molecule has 3 heteroatoms. The largest absolute Gasteiger partial charge is 0.383 e. The minimum atomic E-state index is 0.251. The van der Waals surface area contributed by atoms with Crippen molar-refractivity contribution in [2.24, 2.45) is 5.92 Å². The molecule has 1 aliphatic rings. The van der Waals surface area contributed by atoms with Crippen molar-refractivity contribution in [1.82, 2.24) is 5.32 Å². The van der Waals surface area contributed by atoms with Crippen LogP contribution in [0, 0.1) is 12.8 Å². The number of hydrogen-bond acceptors (Lipinski definition) is 3. The molecular formula is C15H23NO2. The third-order valence-electron chi connectivity index (χ3n) is 3.51. The van der Waals surface area contributed by atoms with Crippen LogP contribution in [0.3, 0.4) is 0 Å². The predicted octanol–water partition coefficient (Wildman–Crippen LogP) is 2.31. The van der Waals surface area contributed by atoms with Gasteiger partial charge in [-0.3, -0.25) is 0 Å². The van der Waals surface area contributed by atoms with E-state index in [1.807, 2.05) is 0 Å². The Morgan fingerprint density at radius 2 is 2.11 bits per heavy atom. The Kier molecular flexibility index (Phi) is 5.17.